The van der Waals surface area contributed by atoms with Crippen molar-refractivity contribution >= 4 is 11.6 Å². The van der Waals surface area contributed by atoms with Crippen molar-refractivity contribution in [3.8, 4) is 0 Å². The molecule has 1 aliphatic rings. The normalized spacial score (nSPS) is 20.3. The van der Waals surface area contributed by atoms with Crippen LogP contribution in [-0.4, -0.2) is 36.8 Å². The number of amides is 1. The fourth-order valence-electron chi connectivity index (χ4n) is 2.30. The number of piperazine rings is 1. The summed E-state index contributed by atoms with van der Waals surface area (Å²) in [6.07, 6.45) is 0. The Morgan fingerprint density at radius 1 is 1.32 bits per heavy atom. The number of hydrogen-bond donors (Lipinski definition) is 2. The van der Waals surface area contributed by atoms with Crippen LogP contribution in [0.2, 0.25) is 0 Å². The van der Waals surface area contributed by atoms with Gasteiger partial charge in [0.15, 0.2) is 0 Å². The first-order valence-electron chi connectivity index (χ1n) is 6.66. The fraction of sp³-hybridized carbons (Fsp3) is 0.533. The molecule has 1 saturated heterocycles. The molecule has 0 spiro atoms. The van der Waals surface area contributed by atoms with E-state index in [9.17, 15) is 9.90 Å². The lowest BCUT2D eigenvalue weighted by Crippen LogP contribution is -2.55. The van der Waals surface area contributed by atoms with Crippen LogP contribution in [-0.2, 0) is 10.2 Å². The summed E-state index contributed by atoms with van der Waals surface area (Å²) in [6.45, 7) is 7.51. The molecular formula is C15H22N2O2. The van der Waals surface area contributed by atoms with E-state index in [0.29, 0.717) is 13.1 Å². The van der Waals surface area contributed by atoms with Crippen molar-refractivity contribution in [1.82, 2.24) is 5.32 Å². The Morgan fingerprint density at radius 3 is 2.47 bits per heavy atom. The second kappa shape index (κ2) is 5.21. The van der Waals surface area contributed by atoms with Crippen molar-refractivity contribution in [2.45, 2.75) is 32.2 Å². The predicted molar refractivity (Wildman–Crippen MR) is 76.4 cm³/mol. The highest BCUT2D eigenvalue weighted by Crippen LogP contribution is 2.25. The van der Waals surface area contributed by atoms with Gasteiger partial charge in [-0.05, 0) is 23.1 Å². The Bertz CT molecular complexity index is 448. The maximum atomic E-state index is 11.6. The molecule has 2 rings (SSSR count). The summed E-state index contributed by atoms with van der Waals surface area (Å²) in [4.78, 5) is 13.6. The first-order valence-corrected chi connectivity index (χ1v) is 6.66. The Kier molecular flexibility index (Phi) is 3.80. The number of aliphatic hydroxyl groups is 1. The quantitative estimate of drug-likeness (QED) is 0.844. The van der Waals surface area contributed by atoms with E-state index in [1.165, 1.54) is 5.56 Å². The van der Waals surface area contributed by atoms with Crippen LogP contribution in [0.3, 0.4) is 0 Å². The number of aliphatic hydroxyl groups excluding tert-OH is 1. The van der Waals surface area contributed by atoms with E-state index in [2.05, 4.69) is 38.2 Å². The van der Waals surface area contributed by atoms with Gasteiger partial charge < -0.3 is 15.3 Å². The number of benzene rings is 1. The average Bonchev–Trinajstić information content (AvgIpc) is 2.37. The highest BCUT2D eigenvalue weighted by atomic mass is 16.3. The van der Waals surface area contributed by atoms with Crippen molar-refractivity contribution in [2.24, 2.45) is 0 Å². The van der Waals surface area contributed by atoms with Gasteiger partial charge in [0.2, 0.25) is 5.91 Å². The number of carbonyl (C=O) groups is 1. The first-order chi connectivity index (χ1) is 8.90. The fourth-order valence-corrected chi connectivity index (χ4v) is 2.30. The van der Waals surface area contributed by atoms with Gasteiger partial charge in [-0.25, -0.2) is 0 Å². The van der Waals surface area contributed by atoms with Crippen molar-refractivity contribution in [3.63, 3.8) is 0 Å². The molecule has 4 nitrogen and oxygen atoms in total. The molecule has 0 aliphatic carbocycles. The molecule has 1 unspecified atom stereocenters. The predicted octanol–water partition coefficient (Wildman–Crippen LogP) is 1.28. The molecule has 0 aromatic heterocycles. The number of rotatable bonds is 2. The van der Waals surface area contributed by atoms with Gasteiger partial charge >= 0.3 is 0 Å². The lowest BCUT2D eigenvalue weighted by atomic mass is 9.87. The number of nitrogens with one attached hydrogen (secondary N) is 1. The van der Waals surface area contributed by atoms with Gasteiger partial charge in [0.05, 0.1) is 19.2 Å². The lowest BCUT2D eigenvalue weighted by Gasteiger charge is -2.34. The number of anilines is 1. The Hall–Kier alpha value is -1.55. The van der Waals surface area contributed by atoms with E-state index < -0.39 is 0 Å². The topological polar surface area (TPSA) is 52.6 Å². The molecule has 0 saturated carbocycles. The number of carbonyl (C=O) groups excluding carboxylic acids is 1. The largest absolute Gasteiger partial charge is 0.394 e. The Morgan fingerprint density at radius 2 is 1.95 bits per heavy atom. The van der Waals surface area contributed by atoms with E-state index in [1.54, 1.807) is 0 Å². The van der Waals surface area contributed by atoms with Crippen LogP contribution < -0.4 is 10.2 Å². The van der Waals surface area contributed by atoms with Crippen molar-refractivity contribution in [3.05, 3.63) is 29.8 Å². The molecule has 1 fully saturated rings. The van der Waals surface area contributed by atoms with E-state index in [0.717, 1.165) is 5.69 Å². The van der Waals surface area contributed by atoms with Gasteiger partial charge in [-0.15, -0.1) is 0 Å². The zero-order chi connectivity index (χ0) is 14.0. The molecule has 1 amide bonds. The minimum absolute atomic E-state index is 0.0255. The molecule has 0 bridgehead atoms. The second-order valence-corrected chi connectivity index (χ2v) is 6.12. The molecule has 1 atom stereocenters. The number of nitrogens with zero attached hydrogens (tertiary/aromatic N) is 1. The highest BCUT2D eigenvalue weighted by Gasteiger charge is 2.24. The smallest absolute Gasteiger partial charge is 0.239 e. The minimum Gasteiger partial charge on any atom is -0.394 e. The molecule has 0 radical (unpaired) electrons. The zero-order valence-electron chi connectivity index (χ0n) is 11.8. The van der Waals surface area contributed by atoms with Crippen molar-refractivity contribution in [1.29, 1.82) is 0 Å². The van der Waals surface area contributed by atoms with Crippen LogP contribution in [0.4, 0.5) is 5.69 Å². The molecule has 19 heavy (non-hydrogen) atoms. The van der Waals surface area contributed by atoms with Crippen LogP contribution in [0.5, 0.6) is 0 Å². The molecule has 1 aromatic carbocycles. The Balaban J connectivity index is 2.15. The zero-order valence-corrected chi connectivity index (χ0v) is 11.8. The third kappa shape index (κ3) is 3.26. The maximum Gasteiger partial charge on any atom is 0.239 e. The van der Waals surface area contributed by atoms with Gasteiger partial charge in [0, 0.05) is 12.2 Å². The van der Waals surface area contributed by atoms with E-state index >= 15 is 0 Å². The molecule has 1 heterocycles. The minimum atomic E-state index is -0.177. The van der Waals surface area contributed by atoms with Crippen LogP contribution in [0, 0.1) is 0 Å². The average molecular weight is 262 g/mol. The summed E-state index contributed by atoms with van der Waals surface area (Å²) in [5.41, 5.74) is 2.43. The Labute approximate surface area is 114 Å². The van der Waals surface area contributed by atoms with E-state index in [1.807, 2.05) is 17.0 Å². The summed E-state index contributed by atoms with van der Waals surface area (Å²) in [7, 11) is 0. The van der Waals surface area contributed by atoms with Crippen LogP contribution >= 0.6 is 0 Å². The summed E-state index contributed by atoms with van der Waals surface area (Å²) < 4.78 is 0. The molecule has 2 N–H and O–H groups in total. The van der Waals surface area contributed by atoms with E-state index in [-0.39, 0.29) is 24.0 Å². The molecular weight excluding hydrogens is 240 g/mol. The maximum absolute atomic E-state index is 11.6. The van der Waals surface area contributed by atoms with Gasteiger partial charge in [-0.2, -0.15) is 0 Å². The van der Waals surface area contributed by atoms with Crippen LogP contribution in [0.1, 0.15) is 26.3 Å². The summed E-state index contributed by atoms with van der Waals surface area (Å²) in [6, 6.07) is 8.14. The van der Waals surface area contributed by atoms with Gasteiger partial charge in [-0.1, -0.05) is 32.9 Å². The molecule has 4 heteroatoms. The number of hydrogen-bond acceptors (Lipinski definition) is 3. The third-order valence-corrected chi connectivity index (χ3v) is 3.46. The van der Waals surface area contributed by atoms with Gasteiger partial charge in [0.1, 0.15) is 0 Å². The van der Waals surface area contributed by atoms with Gasteiger partial charge in [-0.3, -0.25) is 4.79 Å². The molecule has 104 valence electrons. The van der Waals surface area contributed by atoms with Crippen LogP contribution in [0.15, 0.2) is 24.3 Å². The highest BCUT2D eigenvalue weighted by molar-refractivity contribution is 5.83. The van der Waals surface area contributed by atoms with Gasteiger partial charge in [0.25, 0.3) is 0 Å². The summed E-state index contributed by atoms with van der Waals surface area (Å²) in [5, 5.41) is 12.0. The first kappa shape index (κ1) is 13.9. The third-order valence-electron chi connectivity index (χ3n) is 3.46. The molecule has 1 aromatic rings. The van der Waals surface area contributed by atoms with Crippen LogP contribution in [0.25, 0.3) is 0 Å². The van der Waals surface area contributed by atoms with Crippen molar-refractivity contribution in [2.75, 3.05) is 24.6 Å². The second-order valence-electron chi connectivity index (χ2n) is 6.12. The molecule has 1 aliphatic heterocycles. The van der Waals surface area contributed by atoms with Crippen molar-refractivity contribution < 1.29 is 9.90 Å². The monoisotopic (exact) mass is 262 g/mol. The lowest BCUT2D eigenvalue weighted by molar-refractivity contribution is -0.121. The summed E-state index contributed by atoms with van der Waals surface area (Å²) >= 11 is 0. The van der Waals surface area contributed by atoms with E-state index in [4.69, 9.17) is 0 Å². The summed E-state index contributed by atoms with van der Waals surface area (Å²) in [5.74, 6) is -0.0369. The standard InChI is InChI=1S/C15H22N2O2/c1-15(2,3)11-4-6-13(7-5-11)17-8-12(10-18)16-14(19)9-17/h4-7,12,18H,8-10H2,1-3H3,(H,16,19). The SMILES string of the molecule is CC(C)(C)c1ccc(N2CC(=O)NC(CO)C2)cc1.